The first-order valence-electron chi connectivity index (χ1n) is 7.97. The summed E-state index contributed by atoms with van der Waals surface area (Å²) < 4.78 is 1.68. The van der Waals surface area contributed by atoms with E-state index < -0.39 is 0 Å². The van der Waals surface area contributed by atoms with Crippen LogP contribution in [0, 0.1) is 0 Å². The van der Waals surface area contributed by atoms with Crippen LogP contribution in [0.4, 0.5) is 0 Å². The number of nitrogens with zero attached hydrogens (tertiary/aromatic N) is 4. The Kier molecular flexibility index (Phi) is 3.86. The summed E-state index contributed by atoms with van der Waals surface area (Å²) in [6, 6.07) is 15.5. The largest absolute Gasteiger partial charge is 0.310 e. The SMILES string of the molecule is c1ccc(C2CC(NCc3ccnc(-n4cncn4)c3)C2)cc1. The Balaban J connectivity index is 1.32. The second-order valence-corrected chi connectivity index (χ2v) is 6.02. The smallest absolute Gasteiger partial charge is 0.155 e. The summed E-state index contributed by atoms with van der Waals surface area (Å²) in [4.78, 5) is 8.29. The van der Waals surface area contributed by atoms with E-state index >= 15 is 0 Å². The lowest BCUT2D eigenvalue weighted by molar-refractivity contribution is 0.289. The normalized spacial score (nSPS) is 20.2. The van der Waals surface area contributed by atoms with E-state index in [2.05, 4.69) is 56.8 Å². The number of nitrogens with one attached hydrogen (secondary N) is 1. The molecule has 1 saturated carbocycles. The molecule has 0 aliphatic heterocycles. The average Bonchev–Trinajstić information content (AvgIpc) is 3.09. The summed E-state index contributed by atoms with van der Waals surface area (Å²) in [5.74, 6) is 1.51. The molecule has 0 unspecified atom stereocenters. The molecule has 5 heteroatoms. The van der Waals surface area contributed by atoms with Crippen molar-refractivity contribution in [2.24, 2.45) is 0 Å². The Bertz CT molecular complexity index is 748. The fourth-order valence-electron chi connectivity index (χ4n) is 3.07. The summed E-state index contributed by atoms with van der Waals surface area (Å²) in [7, 11) is 0. The van der Waals surface area contributed by atoms with Gasteiger partial charge in [-0.05, 0) is 42.0 Å². The Morgan fingerprint density at radius 1 is 1.13 bits per heavy atom. The van der Waals surface area contributed by atoms with Gasteiger partial charge in [0.1, 0.15) is 12.7 Å². The predicted octanol–water partition coefficient (Wildman–Crippen LogP) is 2.70. The van der Waals surface area contributed by atoms with Gasteiger partial charge in [-0.3, -0.25) is 0 Å². The molecular formula is C18H19N5. The lowest BCUT2D eigenvalue weighted by Gasteiger charge is -2.36. The summed E-state index contributed by atoms with van der Waals surface area (Å²) >= 11 is 0. The van der Waals surface area contributed by atoms with Crippen molar-refractivity contribution in [1.82, 2.24) is 25.1 Å². The van der Waals surface area contributed by atoms with Gasteiger partial charge in [0, 0.05) is 18.8 Å². The molecule has 0 radical (unpaired) electrons. The number of pyridine rings is 1. The molecule has 3 aromatic rings. The minimum Gasteiger partial charge on any atom is -0.310 e. The fraction of sp³-hybridized carbons (Fsp3) is 0.278. The third-order valence-electron chi connectivity index (χ3n) is 4.47. The number of benzene rings is 1. The Morgan fingerprint density at radius 3 is 2.78 bits per heavy atom. The van der Waals surface area contributed by atoms with Gasteiger partial charge in [0.25, 0.3) is 0 Å². The number of hydrogen-bond acceptors (Lipinski definition) is 4. The van der Waals surface area contributed by atoms with Crippen LogP contribution in [0.25, 0.3) is 5.82 Å². The quantitative estimate of drug-likeness (QED) is 0.787. The molecule has 1 fully saturated rings. The van der Waals surface area contributed by atoms with Crippen molar-refractivity contribution in [3.8, 4) is 5.82 Å². The highest BCUT2D eigenvalue weighted by Crippen LogP contribution is 2.36. The molecule has 1 aliphatic carbocycles. The van der Waals surface area contributed by atoms with Crippen molar-refractivity contribution in [2.75, 3.05) is 0 Å². The Hall–Kier alpha value is -2.53. The van der Waals surface area contributed by atoms with Crippen LogP contribution in [0.2, 0.25) is 0 Å². The first-order chi connectivity index (χ1) is 11.4. The number of rotatable bonds is 5. The van der Waals surface area contributed by atoms with Crippen LogP contribution >= 0.6 is 0 Å². The van der Waals surface area contributed by atoms with Crippen LogP contribution in [-0.4, -0.2) is 25.8 Å². The van der Waals surface area contributed by atoms with E-state index in [9.17, 15) is 0 Å². The van der Waals surface area contributed by atoms with Crippen LogP contribution in [0.1, 0.15) is 29.9 Å². The summed E-state index contributed by atoms with van der Waals surface area (Å²) in [6.07, 6.45) is 7.43. The average molecular weight is 305 g/mol. The first kappa shape index (κ1) is 14.1. The zero-order chi connectivity index (χ0) is 15.5. The van der Waals surface area contributed by atoms with E-state index in [1.165, 1.54) is 30.3 Å². The van der Waals surface area contributed by atoms with E-state index in [4.69, 9.17) is 0 Å². The maximum atomic E-state index is 4.33. The van der Waals surface area contributed by atoms with Crippen LogP contribution in [0.15, 0.2) is 61.3 Å². The van der Waals surface area contributed by atoms with Crippen molar-refractivity contribution in [3.05, 3.63) is 72.4 Å². The predicted molar refractivity (Wildman–Crippen MR) is 88.2 cm³/mol. The molecule has 116 valence electrons. The molecule has 2 heterocycles. The zero-order valence-electron chi connectivity index (χ0n) is 12.8. The number of aromatic nitrogens is 4. The van der Waals surface area contributed by atoms with Gasteiger partial charge in [0.05, 0.1) is 0 Å². The van der Waals surface area contributed by atoms with Crippen molar-refractivity contribution in [3.63, 3.8) is 0 Å². The molecule has 0 saturated heterocycles. The van der Waals surface area contributed by atoms with E-state index in [0.29, 0.717) is 12.0 Å². The van der Waals surface area contributed by atoms with Crippen LogP contribution in [0.5, 0.6) is 0 Å². The van der Waals surface area contributed by atoms with Crippen molar-refractivity contribution < 1.29 is 0 Å². The van der Waals surface area contributed by atoms with Crippen LogP contribution in [-0.2, 0) is 6.54 Å². The van der Waals surface area contributed by atoms with Gasteiger partial charge in [0.15, 0.2) is 5.82 Å². The molecule has 1 aromatic carbocycles. The van der Waals surface area contributed by atoms with Gasteiger partial charge < -0.3 is 5.32 Å². The lowest BCUT2D eigenvalue weighted by atomic mass is 9.76. The maximum absolute atomic E-state index is 4.33. The highest BCUT2D eigenvalue weighted by Gasteiger charge is 2.29. The molecule has 0 amide bonds. The molecule has 5 nitrogen and oxygen atoms in total. The first-order valence-corrected chi connectivity index (χ1v) is 7.97. The van der Waals surface area contributed by atoms with Crippen molar-refractivity contribution >= 4 is 0 Å². The minimum absolute atomic E-state index is 0.600. The van der Waals surface area contributed by atoms with Crippen LogP contribution < -0.4 is 5.32 Å². The van der Waals surface area contributed by atoms with Gasteiger partial charge in [-0.1, -0.05) is 30.3 Å². The third-order valence-corrected chi connectivity index (χ3v) is 4.47. The number of hydrogen-bond donors (Lipinski definition) is 1. The monoisotopic (exact) mass is 305 g/mol. The highest BCUT2D eigenvalue weighted by atomic mass is 15.3. The van der Waals surface area contributed by atoms with Gasteiger partial charge >= 0.3 is 0 Å². The van der Waals surface area contributed by atoms with Gasteiger partial charge in [-0.25, -0.2) is 14.6 Å². The fourth-order valence-corrected chi connectivity index (χ4v) is 3.07. The molecule has 0 bridgehead atoms. The summed E-state index contributed by atoms with van der Waals surface area (Å²) in [6.45, 7) is 0.858. The van der Waals surface area contributed by atoms with E-state index in [1.807, 2.05) is 12.3 Å². The second kappa shape index (κ2) is 6.30. The molecular weight excluding hydrogens is 286 g/mol. The summed E-state index contributed by atoms with van der Waals surface area (Å²) in [5.41, 5.74) is 2.68. The van der Waals surface area contributed by atoms with Crippen LogP contribution in [0.3, 0.4) is 0 Å². The van der Waals surface area contributed by atoms with E-state index in [1.54, 1.807) is 11.0 Å². The molecule has 1 aliphatic rings. The Morgan fingerprint density at radius 2 is 2.00 bits per heavy atom. The molecule has 0 atom stereocenters. The molecule has 23 heavy (non-hydrogen) atoms. The van der Waals surface area contributed by atoms with Gasteiger partial charge in [-0.15, -0.1) is 0 Å². The van der Waals surface area contributed by atoms with Crippen molar-refractivity contribution in [1.29, 1.82) is 0 Å². The highest BCUT2D eigenvalue weighted by molar-refractivity contribution is 5.27. The molecule has 0 spiro atoms. The maximum Gasteiger partial charge on any atom is 0.155 e. The lowest BCUT2D eigenvalue weighted by Crippen LogP contribution is -2.39. The Labute approximate surface area is 135 Å². The summed E-state index contributed by atoms with van der Waals surface area (Å²) in [5, 5.41) is 7.75. The zero-order valence-corrected chi connectivity index (χ0v) is 12.8. The minimum atomic E-state index is 0.600. The standard InChI is InChI=1S/C18H19N5/c1-2-4-15(5-3-1)16-9-17(10-16)21-11-14-6-7-20-18(8-14)23-13-19-12-22-23/h1-8,12-13,16-17,21H,9-11H2. The molecule has 4 rings (SSSR count). The van der Waals surface area contributed by atoms with Crippen molar-refractivity contribution in [2.45, 2.75) is 31.3 Å². The molecule has 1 N–H and O–H groups in total. The third kappa shape index (κ3) is 3.14. The van der Waals surface area contributed by atoms with Gasteiger partial charge in [-0.2, -0.15) is 5.10 Å². The van der Waals surface area contributed by atoms with E-state index in [0.717, 1.165) is 12.4 Å². The second-order valence-electron chi connectivity index (χ2n) is 6.02. The van der Waals surface area contributed by atoms with Gasteiger partial charge in [0.2, 0.25) is 0 Å². The van der Waals surface area contributed by atoms with E-state index in [-0.39, 0.29) is 0 Å². The topological polar surface area (TPSA) is 55.6 Å². The molecule has 2 aromatic heterocycles.